The van der Waals surface area contributed by atoms with Gasteiger partial charge < -0.3 is 9.73 Å². The lowest BCUT2D eigenvalue weighted by Crippen LogP contribution is -2.26. The summed E-state index contributed by atoms with van der Waals surface area (Å²) in [5, 5.41) is 2.69. The summed E-state index contributed by atoms with van der Waals surface area (Å²) < 4.78 is 19.4. The lowest BCUT2D eigenvalue weighted by molar-refractivity contribution is 0.0952. The van der Waals surface area contributed by atoms with Crippen molar-refractivity contribution >= 4 is 33.6 Å². The molecule has 0 radical (unpaired) electrons. The second-order valence-electron chi connectivity index (χ2n) is 4.01. The van der Waals surface area contributed by atoms with E-state index in [9.17, 15) is 9.18 Å². The number of nitrogens with one attached hydrogen (secondary N) is 1. The van der Waals surface area contributed by atoms with Crippen molar-refractivity contribution < 1.29 is 13.6 Å². The van der Waals surface area contributed by atoms with Crippen molar-refractivity contribution in [2.75, 3.05) is 12.3 Å². The van der Waals surface area contributed by atoms with E-state index >= 15 is 0 Å². The van der Waals surface area contributed by atoms with E-state index in [0.29, 0.717) is 11.0 Å². The van der Waals surface area contributed by atoms with Gasteiger partial charge in [-0.15, -0.1) is 0 Å². The quantitative estimate of drug-likeness (QED) is 0.798. The number of thioether (sulfide) groups is 1. The Bertz CT molecular complexity index is 575. The van der Waals surface area contributed by atoms with Crippen molar-refractivity contribution in [1.29, 1.82) is 0 Å². The molecule has 0 saturated carbocycles. The zero-order valence-corrected chi connectivity index (χ0v) is 13.0. The van der Waals surface area contributed by atoms with E-state index in [0.717, 1.165) is 17.3 Å². The van der Waals surface area contributed by atoms with Crippen molar-refractivity contribution in [3.05, 3.63) is 58.2 Å². The maximum atomic E-state index is 13.6. The van der Waals surface area contributed by atoms with Crippen LogP contribution in [0.3, 0.4) is 0 Å². The third-order valence-corrected chi connectivity index (χ3v) is 4.01. The average Bonchev–Trinajstić information content (AvgIpc) is 2.91. The normalized spacial score (nSPS) is 10.5. The number of amides is 1. The van der Waals surface area contributed by atoms with Gasteiger partial charge in [0.25, 0.3) is 5.91 Å². The molecule has 1 amide bonds. The fourth-order valence-corrected chi connectivity index (χ4v) is 2.66. The van der Waals surface area contributed by atoms with E-state index in [1.807, 2.05) is 12.1 Å². The van der Waals surface area contributed by atoms with Crippen molar-refractivity contribution in [2.24, 2.45) is 0 Å². The van der Waals surface area contributed by atoms with Gasteiger partial charge in [-0.25, -0.2) is 4.39 Å². The van der Waals surface area contributed by atoms with Crippen LogP contribution in [-0.4, -0.2) is 18.2 Å². The van der Waals surface area contributed by atoms with Crippen LogP contribution in [0.25, 0.3) is 0 Å². The zero-order chi connectivity index (χ0) is 14.4. The Hall–Kier alpha value is -1.27. The molecule has 6 heteroatoms. The summed E-state index contributed by atoms with van der Waals surface area (Å²) >= 11 is 4.80. The van der Waals surface area contributed by atoms with Crippen LogP contribution in [0.1, 0.15) is 16.1 Å². The van der Waals surface area contributed by atoms with Crippen LogP contribution in [0, 0.1) is 5.82 Å². The third kappa shape index (κ3) is 4.38. The summed E-state index contributed by atoms with van der Waals surface area (Å²) in [5.74, 6) is 1.48. The molecular formula is C14H13BrFNO2S. The zero-order valence-electron chi connectivity index (χ0n) is 10.6. The highest BCUT2D eigenvalue weighted by molar-refractivity contribution is 9.10. The van der Waals surface area contributed by atoms with E-state index in [1.165, 1.54) is 12.1 Å². The molecule has 2 aromatic rings. The largest absolute Gasteiger partial charge is 0.468 e. The number of benzene rings is 1. The molecule has 1 heterocycles. The summed E-state index contributed by atoms with van der Waals surface area (Å²) in [6.45, 7) is 0.486. The fraction of sp³-hybridized carbons (Fsp3) is 0.214. The van der Waals surface area contributed by atoms with E-state index < -0.39 is 11.7 Å². The number of furan rings is 1. The van der Waals surface area contributed by atoms with Gasteiger partial charge in [-0.3, -0.25) is 4.79 Å². The van der Waals surface area contributed by atoms with E-state index in [1.54, 1.807) is 24.1 Å². The summed E-state index contributed by atoms with van der Waals surface area (Å²) in [6.07, 6.45) is 1.63. The smallest absolute Gasteiger partial charge is 0.254 e. The molecule has 0 aliphatic carbocycles. The molecule has 3 nitrogen and oxygen atoms in total. The molecule has 106 valence electrons. The van der Waals surface area contributed by atoms with E-state index in [2.05, 4.69) is 21.2 Å². The topological polar surface area (TPSA) is 42.2 Å². The number of carbonyl (C=O) groups excluding carboxylic acids is 1. The molecule has 20 heavy (non-hydrogen) atoms. The van der Waals surface area contributed by atoms with Crippen LogP contribution in [-0.2, 0) is 5.75 Å². The van der Waals surface area contributed by atoms with Gasteiger partial charge in [0.2, 0.25) is 0 Å². The average molecular weight is 358 g/mol. The van der Waals surface area contributed by atoms with E-state index in [4.69, 9.17) is 4.42 Å². The summed E-state index contributed by atoms with van der Waals surface area (Å²) in [4.78, 5) is 11.8. The van der Waals surface area contributed by atoms with Gasteiger partial charge in [-0.2, -0.15) is 11.8 Å². The Kier molecular flexibility index (Phi) is 5.67. The van der Waals surface area contributed by atoms with Gasteiger partial charge in [0.05, 0.1) is 17.6 Å². The van der Waals surface area contributed by atoms with Crippen LogP contribution in [0.4, 0.5) is 4.39 Å². The first-order valence-corrected chi connectivity index (χ1v) is 7.95. The Morgan fingerprint density at radius 2 is 2.25 bits per heavy atom. The van der Waals surface area contributed by atoms with Crippen LogP contribution < -0.4 is 5.32 Å². The molecule has 0 aliphatic rings. The van der Waals surface area contributed by atoms with Crippen molar-refractivity contribution in [2.45, 2.75) is 5.75 Å². The fourth-order valence-electron chi connectivity index (χ4n) is 1.57. The molecule has 0 spiro atoms. The minimum Gasteiger partial charge on any atom is -0.468 e. The molecule has 2 rings (SSSR count). The second kappa shape index (κ2) is 7.50. The van der Waals surface area contributed by atoms with Gasteiger partial charge in [-0.1, -0.05) is 15.9 Å². The first-order chi connectivity index (χ1) is 9.66. The van der Waals surface area contributed by atoms with Crippen molar-refractivity contribution in [1.82, 2.24) is 5.32 Å². The van der Waals surface area contributed by atoms with Crippen LogP contribution in [0.5, 0.6) is 0 Å². The minimum absolute atomic E-state index is 0.0595. The minimum atomic E-state index is -0.528. The van der Waals surface area contributed by atoms with Gasteiger partial charge >= 0.3 is 0 Å². The summed E-state index contributed by atoms with van der Waals surface area (Å²) in [7, 11) is 0. The number of carbonyl (C=O) groups is 1. The second-order valence-corrected chi connectivity index (χ2v) is 6.03. The molecule has 0 fully saturated rings. The molecule has 0 saturated heterocycles. The monoisotopic (exact) mass is 357 g/mol. The Morgan fingerprint density at radius 1 is 1.40 bits per heavy atom. The van der Waals surface area contributed by atoms with Gasteiger partial charge in [0.1, 0.15) is 11.6 Å². The highest BCUT2D eigenvalue weighted by Gasteiger charge is 2.11. The van der Waals surface area contributed by atoms with Crippen LogP contribution in [0.2, 0.25) is 0 Å². The molecule has 1 N–H and O–H groups in total. The predicted octanol–water partition coefficient (Wildman–Crippen LogP) is 3.84. The van der Waals surface area contributed by atoms with Gasteiger partial charge in [-0.05, 0) is 30.3 Å². The lowest BCUT2D eigenvalue weighted by Gasteiger charge is -2.06. The van der Waals surface area contributed by atoms with Crippen LogP contribution >= 0.6 is 27.7 Å². The first kappa shape index (κ1) is 15.1. The predicted molar refractivity (Wildman–Crippen MR) is 81.3 cm³/mol. The Morgan fingerprint density at radius 3 is 2.95 bits per heavy atom. The van der Waals surface area contributed by atoms with Gasteiger partial charge in [0.15, 0.2) is 0 Å². The maximum absolute atomic E-state index is 13.6. The highest BCUT2D eigenvalue weighted by atomic mass is 79.9. The first-order valence-electron chi connectivity index (χ1n) is 6.00. The number of rotatable bonds is 6. The van der Waals surface area contributed by atoms with Crippen LogP contribution in [0.15, 0.2) is 45.5 Å². The van der Waals surface area contributed by atoms with Crippen molar-refractivity contribution in [3.8, 4) is 0 Å². The number of hydrogen-bond acceptors (Lipinski definition) is 3. The molecule has 1 aromatic carbocycles. The standard InChI is InChI=1S/C14H13BrFNO2S/c15-10-3-4-12(13(16)8-10)14(18)17-5-7-20-9-11-2-1-6-19-11/h1-4,6,8H,5,7,9H2,(H,17,18). The molecule has 0 atom stereocenters. The summed E-state index contributed by atoms with van der Waals surface area (Å²) in [5.41, 5.74) is 0.0595. The van der Waals surface area contributed by atoms with E-state index in [-0.39, 0.29) is 5.56 Å². The Labute approximate surface area is 129 Å². The third-order valence-electron chi connectivity index (χ3n) is 2.53. The number of halogens is 2. The van der Waals surface area contributed by atoms with Crippen molar-refractivity contribution in [3.63, 3.8) is 0 Å². The molecule has 0 aliphatic heterocycles. The lowest BCUT2D eigenvalue weighted by atomic mass is 10.2. The van der Waals surface area contributed by atoms with Gasteiger partial charge in [0, 0.05) is 16.8 Å². The maximum Gasteiger partial charge on any atom is 0.254 e. The molecule has 0 unspecified atom stereocenters. The highest BCUT2D eigenvalue weighted by Crippen LogP contribution is 2.15. The summed E-state index contributed by atoms with van der Waals surface area (Å²) in [6, 6.07) is 8.13. The number of hydrogen-bond donors (Lipinski definition) is 1. The Balaban J connectivity index is 1.72. The molecule has 0 bridgehead atoms. The SMILES string of the molecule is O=C(NCCSCc1ccco1)c1ccc(Br)cc1F. The molecule has 1 aromatic heterocycles. The molecular weight excluding hydrogens is 345 g/mol.